The van der Waals surface area contributed by atoms with Gasteiger partial charge >= 0.3 is 0 Å². The van der Waals surface area contributed by atoms with Gasteiger partial charge in [-0.2, -0.15) is 0 Å². The first-order valence-electron chi connectivity index (χ1n) is 6.17. The van der Waals surface area contributed by atoms with E-state index >= 15 is 0 Å². The van der Waals surface area contributed by atoms with E-state index < -0.39 is 0 Å². The fraction of sp³-hybridized carbons (Fsp3) is 0.429. The molecule has 2 aromatic rings. The number of hydrogen-bond donors (Lipinski definition) is 0. The standard InChI is InChI=1S/C12H15N3.C2H6/c1-4-11-7-13-8-15(11)12-10(3)5-9(2)6-14-12;1-2/h5-8H,4H2,1-3H3;1-2H3. The van der Waals surface area contributed by atoms with Crippen LogP contribution in [0.3, 0.4) is 0 Å². The van der Waals surface area contributed by atoms with Crippen LogP contribution in [0.5, 0.6) is 0 Å². The second-order valence-corrected chi connectivity index (χ2v) is 3.76. The van der Waals surface area contributed by atoms with Crippen molar-refractivity contribution in [3.8, 4) is 5.82 Å². The molecule has 0 fully saturated rings. The zero-order chi connectivity index (χ0) is 12.8. The number of rotatable bonds is 2. The highest BCUT2D eigenvalue weighted by Gasteiger charge is 2.06. The van der Waals surface area contributed by atoms with E-state index in [1.165, 1.54) is 16.8 Å². The van der Waals surface area contributed by atoms with Gasteiger partial charge in [0.15, 0.2) is 0 Å². The maximum Gasteiger partial charge on any atom is 0.140 e. The number of imidazole rings is 1. The van der Waals surface area contributed by atoms with Crippen LogP contribution in [-0.2, 0) is 6.42 Å². The summed E-state index contributed by atoms with van der Waals surface area (Å²) in [6, 6.07) is 2.14. The fourth-order valence-electron chi connectivity index (χ4n) is 1.74. The van der Waals surface area contributed by atoms with E-state index in [0.717, 1.165) is 12.2 Å². The van der Waals surface area contributed by atoms with Crippen LogP contribution >= 0.6 is 0 Å². The first-order valence-corrected chi connectivity index (χ1v) is 6.17. The van der Waals surface area contributed by atoms with Crippen LogP contribution in [0.1, 0.15) is 37.6 Å². The van der Waals surface area contributed by atoms with Crippen molar-refractivity contribution in [1.29, 1.82) is 0 Å². The molecule has 0 N–H and O–H groups in total. The Morgan fingerprint density at radius 3 is 2.47 bits per heavy atom. The normalized spacial score (nSPS) is 9.71. The monoisotopic (exact) mass is 231 g/mol. The summed E-state index contributed by atoms with van der Waals surface area (Å²) in [5.41, 5.74) is 3.56. The van der Waals surface area contributed by atoms with Crippen molar-refractivity contribution in [2.75, 3.05) is 0 Å². The van der Waals surface area contributed by atoms with Gasteiger partial charge in [0.1, 0.15) is 12.1 Å². The molecule has 17 heavy (non-hydrogen) atoms. The molecule has 0 aromatic carbocycles. The molecular formula is C14H21N3. The summed E-state index contributed by atoms with van der Waals surface area (Å²) in [4.78, 5) is 8.61. The Morgan fingerprint density at radius 2 is 1.88 bits per heavy atom. The first-order chi connectivity index (χ1) is 8.22. The largest absolute Gasteiger partial charge is 0.287 e. The number of nitrogens with zero attached hydrogens (tertiary/aromatic N) is 3. The fourth-order valence-corrected chi connectivity index (χ4v) is 1.74. The van der Waals surface area contributed by atoms with Crippen molar-refractivity contribution in [2.45, 2.75) is 41.0 Å². The van der Waals surface area contributed by atoms with Gasteiger partial charge < -0.3 is 0 Å². The highest BCUT2D eigenvalue weighted by molar-refractivity contribution is 5.36. The molecule has 3 nitrogen and oxygen atoms in total. The Labute approximate surface area is 104 Å². The second kappa shape index (κ2) is 6.18. The van der Waals surface area contributed by atoms with Crippen molar-refractivity contribution in [3.63, 3.8) is 0 Å². The molecule has 92 valence electrons. The molecule has 3 heteroatoms. The quantitative estimate of drug-likeness (QED) is 0.792. The van der Waals surface area contributed by atoms with Crippen LogP contribution in [0.2, 0.25) is 0 Å². The molecule has 0 aliphatic heterocycles. The lowest BCUT2D eigenvalue weighted by atomic mass is 10.2. The molecule has 0 bridgehead atoms. The van der Waals surface area contributed by atoms with E-state index in [1.54, 1.807) is 0 Å². The molecular weight excluding hydrogens is 210 g/mol. The molecule has 2 aromatic heterocycles. The van der Waals surface area contributed by atoms with Gasteiger partial charge in [-0.05, 0) is 31.4 Å². The lowest BCUT2D eigenvalue weighted by molar-refractivity contribution is 0.889. The summed E-state index contributed by atoms with van der Waals surface area (Å²) < 4.78 is 2.05. The number of pyridine rings is 1. The topological polar surface area (TPSA) is 30.7 Å². The molecule has 0 aliphatic rings. The molecule has 0 atom stereocenters. The number of aromatic nitrogens is 3. The molecule has 0 saturated carbocycles. The van der Waals surface area contributed by atoms with Gasteiger partial charge in [-0.15, -0.1) is 0 Å². The van der Waals surface area contributed by atoms with Crippen molar-refractivity contribution >= 4 is 0 Å². The van der Waals surface area contributed by atoms with Crippen LogP contribution in [0.4, 0.5) is 0 Å². The lowest BCUT2D eigenvalue weighted by Gasteiger charge is -2.09. The van der Waals surface area contributed by atoms with Crippen LogP contribution in [0.15, 0.2) is 24.8 Å². The van der Waals surface area contributed by atoms with Gasteiger partial charge in [0.25, 0.3) is 0 Å². The minimum Gasteiger partial charge on any atom is -0.287 e. The van der Waals surface area contributed by atoms with Gasteiger partial charge in [0.2, 0.25) is 0 Å². The van der Waals surface area contributed by atoms with Crippen molar-refractivity contribution < 1.29 is 0 Å². The van der Waals surface area contributed by atoms with Crippen LogP contribution < -0.4 is 0 Å². The van der Waals surface area contributed by atoms with E-state index in [0.29, 0.717) is 0 Å². The maximum absolute atomic E-state index is 4.45. The van der Waals surface area contributed by atoms with Gasteiger partial charge in [-0.3, -0.25) is 4.57 Å². The van der Waals surface area contributed by atoms with Crippen molar-refractivity contribution in [3.05, 3.63) is 41.6 Å². The molecule has 0 spiro atoms. The average molecular weight is 231 g/mol. The summed E-state index contributed by atoms with van der Waals surface area (Å²) in [6.45, 7) is 10.3. The Hall–Kier alpha value is -1.64. The predicted octanol–water partition coefficient (Wildman–Crippen LogP) is 3.47. The summed E-state index contributed by atoms with van der Waals surface area (Å²) in [5, 5.41) is 0. The third-order valence-electron chi connectivity index (χ3n) is 2.49. The second-order valence-electron chi connectivity index (χ2n) is 3.76. The Morgan fingerprint density at radius 1 is 1.18 bits per heavy atom. The number of hydrogen-bond acceptors (Lipinski definition) is 2. The molecule has 0 saturated heterocycles. The molecule has 0 amide bonds. The highest BCUT2D eigenvalue weighted by atomic mass is 15.1. The predicted molar refractivity (Wildman–Crippen MR) is 71.6 cm³/mol. The van der Waals surface area contributed by atoms with E-state index in [-0.39, 0.29) is 0 Å². The van der Waals surface area contributed by atoms with Gasteiger partial charge in [-0.25, -0.2) is 9.97 Å². The number of aryl methyl sites for hydroxylation is 3. The van der Waals surface area contributed by atoms with E-state index in [4.69, 9.17) is 0 Å². The summed E-state index contributed by atoms with van der Waals surface area (Å²) in [7, 11) is 0. The first kappa shape index (κ1) is 13.4. The SMILES string of the molecule is CC.CCc1cncn1-c1ncc(C)cc1C. The zero-order valence-electron chi connectivity index (χ0n) is 11.4. The van der Waals surface area contributed by atoms with Crippen molar-refractivity contribution in [2.24, 2.45) is 0 Å². The average Bonchev–Trinajstić information content (AvgIpc) is 2.79. The van der Waals surface area contributed by atoms with Crippen molar-refractivity contribution in [1.82, 2.24) is 14.5 Å². The minimum absolute atomic E-state index is 0.967. The summed E-state index contributed by atoms with van der Waals surface area (Å²) >= 11 is 0. The zero-order valence-corrected chi connectivity index (χ0v) is 11.4. The highest BCUT2D eigenvalue weighted by Crippen LogP contribution is 2.14. The summed E-state index contributed by atoms with van der Waals surface area (Å²) in [6.07, 6.45) is 6.57. The smallest absolute Gasteiger partial charge is 0.140 e. The maximum atomic E-state index is 4.45. The van der Waals surface area contributed by atoms with Gasteiger partial charge in [0.05, 0.1) is 0 Å². The Balaban J connectivity index is 0.000000686. The molecule has 2 heterocycles. The van der Waals surface area contributed by atoms with E-state index in [2.05, 4.69) is 41.4 Å². The van der Waals surface area contributed by atoms with Crippen LogP contribution in [0.25, 0.3) is 5.82 Å². The van der Waals surface area contributed by atoms with Crippen LogP contribution in [0, 0.1) is 13.8 Å². The van der Waals surface area contributed by atoms with E-state index in [1.807, 2.05) is 32.6 Å². The molecule has 0 aliphatic carbocycles. The van der Waals surface area contributed by atoms with Crippen LogP contribution in [-0.4, -0.2) is 14.5 Å². The Bertz CT molecular complexity index is 472. The minimum atomic E-state index is 0.967. The van der Waals surface area contributed by atoms with Gasteiger partial charge in [0, 0.05) is 18.1 Å². The van der Waals surface area contributed by atoms with E-state index in [9.17, 15) is 0 Å². The van der Waals surface area contributed by atoms with Gasteiger partial charge in [-0.1, -0.05) is 26.8 Å². The molecule has 0 unspecified atom stereocenters. The third kappa shape index (κ3) is 2.93. The summed E-state index contributed by atoms with van der Waals surface area (Å²) in [5.74, 6) is 0.981. The Kier molecular flexibility index (Phi) is 4.88. The molecule has 0 radical (unpaired) electrons. The molecule has 2 rings (SSSR count). The third-order valence-corrected chi connectivity index (χ3v) is 2.49. The lowest BCUT2D eigenvalue weighted by Crippen LogP contribution is -2.03.